The van der Waals surface area contributed by atoms with Gasteiger partial charge in [-0.1, -0.05) is 23.7 Å². The first-order valence-electron chi connectivity index (χ1n) is 6.11. The van der Waals surface area contributed by atoms with Crippen molar-refractivity contribution < 1.29 is 12.8 Å². The number of halogens is 2. The van der Waals surface area contributed by atoms with Crippen LogP contribution in [0.5, 0.6) is 0 Å². The summed E-state index contributed by atoms with van der Waals surface area (Å²) in [5.41, 5.74) is 0.547. The third-order valence-corrected chi connectivity index (χ3v) is 4.30. The predicted octanol–water partition coefficient (Wildman–Crippen LogP) is 2.43. The van der Waals surface area contributed by atoms with Crippen molar-refractivity contribution in [2.45, 2.75) is 25.3 Å². The second kappa shape index (κ2) is 7.22. The SMILES string of the molecule is CNC(CCCS(C)(=O)=O)Cc1cccc(Cl)c1F. The molecule has 0 radical (unpaired) electrons. The van der Waals surface area contributed by atoms with Gasteiger partial charge in [0.05, 0.1) is 5.02 Å². The van der Waals surface area contributed by atoms with Crippen LogP contribution in [0.4, 0.5) is 4.39 Å². The summed E-state index contributed by atoms with van der Waals surface area (Å²) in [7, 11) is -1.15. The number of likely N-dealkylation sites (N-methyl/N-ethyl adjacent to an activating group) is 1. The van der Waals surface area contributed by atoms with Crippen LogP contribution in [0.25, 0.3) is 0 Å². The molecule has 0 saturated heterocycles. The molecular weight excluding hydrogens is 289 g/mol. The Balaban J connectivity index is 2.59. The maximum atomic E-state index is 13.8. The fourth-order valence-electron chi connectivity index (χ4n) is 1.91. The molecule has 1 N–H and O–H groups in total. The molecule has 1 aromatic carbocycles. The van der Waals surface area contributed by atoms with Crippen molar-refractivity contribution >= 4 is 21.4 Å². The molecular formula is C13H19ClFNO2S. The van der Waals surface area contributed by atoms with Gasteiger partial charge in [0.2, 0.25) is 0 Å². The minimum absolute atomic E-state index is 0.0368. The Hall–Kier alpha value is -0.650. The van der Waals surface area contributed by atoms with E-state index in [1.807, 2.05) is 0 Å². The molecule has 108 valence electrons. The van der Waals surface area contributed by atoms with Crippen molar-refractivity contribution in [1.29, 1.82) is 0 Å². The summed E-state index contributed by atoms with van der Waals surface area (Å²) in [4.78, 5) is 0. The van der Waals surface area contributed by atoms with Crippen molar-refractivity contribution in [1.82, 2.24) is 5.32 Å². The van der Waals surface area contributed by atoms with E-state index in [0.717, 1.165) is 0 Å². The third-order valence-electron chi connectivity index (χ3n) is 2.97. The van der Waals surface area contributed by atoms with Crippen LogP contribution in [-0.4, -0.2) is 33.5 Å². The summed E-state index contributed by atoms with van der Waals surface area (Å²) in [6.45, 7) is 0. The molecule has 1 rings (SSSR count). The lowest BCUT2D eigenvalue weighted by Crippen LogP contribution is -2.28. The molecule has 0 heterocycles. The van der Waals surface area contributed by atoms with Crippen molar-refractivity contribution in [3.63, 3.8) is 0 Å². The van der Waals surface area contributed by atoms with Crippen LogP contribution < -0.4 is 5.32 Å². The van der Waals surface area contributed by atoms with Crippen LogP contribution in [0.2, 0.25) is 5.02 Å². The zero-order chi connectivity index (χ0) is 14.5. The molecule has 0 aliphatic rings. The Labute approximate surface area is 119 Å². The number of sulfone groups is 1. The Kier molecular flexibility index (Phi) is 6.23. The van der Waals surface area contributed by atoms with Crippen LogP contribution in [0.15, 0.2) is 18.2 Å². The first-order chi connectivity index (χ1) is 8.83. The topological polar surface area (TPSA) is 46.2 Å². The monoisotopic (exact) mass is 307 g/mol. The lowest BCUT2D eigenvalue weighted by Gasteiger charge is -2.16. The maximum Gasteiger partial charge on any atom is 0.147 e. The van der Waals surface area contributed by atoms with Crippen molar-refractivity contribution in [3.05, 3.63) is 34.6 Å². The highest BCUT2D eigenvalue weighted by Crippen LogP contribution is 2.19. The van der Waals surface area contributed by atoms with Crippen LogP contribution in [0.3, 0.4) is 0 Å². The number of rotatable bonds is 7. The van der Waals surface area contributed by atoms with E-state index in [1.54, 1.807) is 19.2 Å². The van der Waals surface area contributed by atoms with Crippen LogP contribution in [0, 0.1) is 5.82 Å². The molecule has 0 aromatic heterocycles. The quantitative estimate of drug-likeness (QED) is 0.841. The second-order valence-corrected chi connectivity index (χ2v) is 7.34. The van der Waals surface area contributed by atoms with Gasteiger partial charge in [-0.25, -0.2) is 12.8 Å². The molecule has 0 saturated carbocycles. The lowest BCUT2D eigenvalue weighted by atomic mass is 10.0. The van der Waals surface area contributed by atoms with Gasteiger partial charge in [-0.15, -0.1) is 0 Å². The Morgan fingerprint density at radius 2 is 2.11 bits per heavy atom. The standard InChI is InChI=1S/C13H19ClFNO2S/c1-16-11(6-4-8-19(2,17)18)9-10-5-3-7-12(14)13(10)15/h3,5,7,11,16H,4,6,8-9H2,1-2H3. The van der Waals surface area contributed by atoms with Crippen LogP contribution in [0.1, 0.15) is 18.4 Å². The van der Waals surface area contributed by atoms with Gasteiger partial charge in [0.1, 0.15) is 15.7 Å². The van der Waals surface area contributed by atoms with E-state index in [2.05, 4.69) is 5.32 Å². The second-order valence-electron chi connectivity index (χ2n) is 4.67. The first-order valence-corrected chi connectivity index (χ1v) is 8.55. The highest BCUT2D eigenvalue weighted by Gasteiger charge is 2.13. The Morgan fingerprint density at radius 3 is 2.68 bits per heavy atom. The van der Waals surface area contributed by atoms with E-state index in [9.17, 15) is 12.8 Å². The molecule has 0 amide bonds. The van der Waals surface area contributed by atoms with Gasteiger partial charge in [-0.2, -0.15) is 0 Å². The van der Waals surface area contributed by atoms with E-state index in [0.29, 0.717) is 24.8 Å². The van der Waals surface area contributed by atoms with Crippen LogP contribution in [-0.2, 0) is 16.3 Å². The molecule has 6 heteroatoms. The van der Waals surface area contributed by atoms with Crippen molar-refractivity contribution in [3.8, 4) is 0 Å². The number of nitrogens with one attached hydrogen (secondary N) is 1. The van der Waals surface area contributed by atoms with Gasteiger partial charge in [-0.3, -0.25) is 0 Å². The van der Waals surface area contributed by atoms with E-state index in [4.69, 9.17) is 11.6 Å². The maximum absolute atomic E-state index is 13.8. The molecule has 0 fully saturated rings. The van der Waals surface area contributed by atoms with Crippen LogP contribution >= 0.6 is 11.6 Å². The minimum atomic E-state index is -2.94. The molecule has 1 aromatic rings. The van der Waals surface area contributed by atoms with Gasteiger partial charge in [0.25, 0.3) is 0 Å². The van der Waals surface area contributed by atoms with Gasteiger partial charge in [0, 0.05) is 18.1 Å². The van der Waals surface area contributed by atoms with E-state index >= 15 is 0 Å². The van der Waals surface area contributed by atoms with E-state index in [-0.39, 0.29) is 16.8 Å². The molecule has 0 bridgehead atoms. The summed E-state index contributed by atoms with van der Waals surface area (Å²) < 4.78 is 35.9. The predicted molar refractivity (Wildman–Crippen MR) is 76.9 cm³/mol. The fraction of sp³-hybridized carbons (Fsp3) is 0.538. The molecule has 0 aliphatic carbocycles. The summed E-state index contributed by atoms with van der Waals surface area (Å²) >= 11 is 5.73. The molecule has 19 heavy (non-hydrogen) atoms. The summed E-state index contributed by atoms with van der Waals surface area (Å²) in [6.07, 6.45) is 2.95. The van der Waals surface area contributed by atoms with E-state index in [1.165, 1.54) is 12.3 Å². The molecule has 1 unspecified atom stereocenters. The highest BCUT2D eigenvalue weighted by molar-refractivity contribution is 7.90. The summed E-state index contributed by atoms with van der Waals surface area (Å²) in [5.74, 6) is -0.240. The number of hydrogen-bond acceptors (Lipinski definition) is 3. The Bertz CT molecular complexity index is 519. The Morgan fingerprint density at radius 1 is 1.42 bits per heavy atom. The fourth-order valence-corrected chi connectivity index (χ4v) is 2.80. The smallest absolute Gasteiger partial charge is 0.147 e. The zero-order valence-electron chi connectivity index (χ0n) is 11.1. The molecule has 1 atom stereocenters. The average Bonchev–Trinajstić information content (AvgIpc) is 2.32. The van der Waals surface area contributed by atoms with Crippen molar-refractivity contribution in [2.75, 3.05) is 19.1 Å². The third kappa shape index (κ3) is 5.89. The number of hydrogen-bond donors (Lipinski definition) is 1. The summed E-state index contributed by atoms with van der Waals surface area (Å²) in [6, 6.07) is 4.96. The van der Waals surface area contributed by atoms with E-state index < -0.39 is 15.7 Å². The van der Waals surface area contributed by atoms with Gasteiger partial charge in [0.15, 0.2) is 0 Å². The van der Waals surface area contributed by atoms with Gasteiger partial charge in [-0.05, 0) is 37.9 Å². The highest BCUT2D eigenvalue weighted by atomic mass is 35.5. The summed E-state index contributed by atoms with van der Waals surface area (Å²) in [5, 5.41) is 3.19. The van der Waals surface area contributed by atoms with Gasteiger partial charge < -0.3 is 5.32 Å². The van der Waals surface area contributed by atoms with Crippen molar-refractivity contribution in [2.24, 2.45) is 0 Å². The van der Waals surface area contributed by atoms with Gasteiger partial charge >= 0.3 is 0 Å². The average molecular weight is 308 g/mol. The largest absolute Gasteiger partial charge is 0.317 e. The lowest BCUT2D eigenvalue weighted by molar-refractivity contribution is 0.497. The normalized spacial score (nSPS) is 13.5. The molecule has 0 spiro atoms. The minimum Gasteiger partial charge on any atom is -0.317 e. The molecule has 3 nitrogen and oxygen atoms in total. The number of benzene rings is 1. The first kappa shape index (κ1) is 16.4. The zero-order valence-corrected chi connectivity index (χ0v) is 12.7. The molecule has 0 aliphatic heterocycles.